The summed E-state index contributed by atoms with van der Waals surface area (Å²) in [5.41, 5.74) is 0. The van der Waals surface area contributed by atoms with Crippen LogP contribution in [0.5, 0.6) is 0 Å². The van der Waals surface area contributed by atoms with Gasteiger partial charge in [0.1, 0.15) is 4.85 Å². The first-order chi connectivity index (χ1) is 4.74. The van der Waals surface area contributed by atoms with Crippen LogP contribution in [-0.4, -0.2) is 12.2 Å². The van der Waals surface area contributed by atoms with Crippen LogP contribution in [0.4, 0.5) is 0 Å². The van der Waals surface area contributed by atoms with Crippen LogP contribution in [0.25, 0.3) is 0 Å². The summed E-state index contributed by atoms with van der Waals surface area (Å²) in [5, 5.41) is 4.44. The molecule has 0 aromatic carbocycles. The highest BCUT2D eigenvalue weighted by molar-refractivity contribution is 6.30. The summed E-state index contributed by atoms with van der Waals surface area (Å²) in [6.45, 7) is 0. The first-order valence-corrected chi connectivity index (χ1v) is 3.28. The Kier molecular flexibility index (Phi) is 2.29. The highest BCUT2D eigenvalue weighted by Crippen LogP contribution is 2.03. The number of rotatable bonds is 1. The topological polar surface area (TPSA) is 26.0 Å². The van der Waals surface area contributed by atoms with Crippen LogP contribution in [-0.2, 0) is 0 Å². The van der Waals surface area contributed by atoms with Crippen LogP contribution in [0, 0.1) is 0 Å². The van der Waals surface area contributed by atoms with Crippen LogP contribution < -0.4 is 9.68 Å². The Morgan fingerprint density at radius 3 is 2.70 bits per heavy atom. The molecule has 10 heavy (non-hydrogen) atoms. The largest absolute Gasteiger partial charge is 0.357 e. The van der Waals surface area contributed by atoms with Gasteiger partial charge in [-0.3, -0.25) is 0 Å². The van der Waals surface area contributed by atoms with Gasteiger partial charge in [-0.25, -0.2) is 4.84 Å². The fraction of sp³-hybridized carbons (Fsp3) is 0.200. The minimum Gasteiger partial charge on any atom is -0.248 e. The zero-order valence-electron chi connectivity index (χ0n) is 5.21. The van der Waals surface area contributed by atoms with Gasteiger partial charge in [0.25, 0.3) is 0 Å². The highest BCUT2D eigenvalue weighted by atomic mass is 35.5. The van der Waals surface area contributed by atoms with E-state index in [0.29, 0.717) is 10.3 Å². The molecule has 1 aromatic heterocycles. The lowest BCUT2D eigenvalue weighted by molar-refractivity contribution is -0.928. The van der Waals surface area contributed by atoms with Gasteiger partial charge in [0.15, 0.2) is 7.11 Å². The van der Waals surface area contributed by atoms with Crippen LogP contribution in [0.3, 0.4) is 0 Å². The monoisotopic (exact) mass is 179 g/mol. The van der Waals surface area contributed by atoms with Crippen molar-refractivity contribution in [3.05, 3.63) is 22.4 Å². The predicted molar refractivity (Wildman–Crippen MR) is 37.0 cm³/mol. The molecule has 0 aliphatic heterocycles. The lowest BCUT2D eigenvalue weighted by Crippen LogP contribution is -2.45. The lowest BCUT2D eigenvalue weighted by atomic mass is 10.6. The summed E-state index contributed by atoms with van der Waals surface area (Å²) in [6.07, 6.45) is 0. The van der Waals surface area contributed by atoms with E-state index in [0.717, 1.165) is 4.85 Å². The van der Waals surface area contributed by atoms with Crippen molar-refractivity contribution in [3.63, 3.8) is 0 Å². The Bertz CT molecular complexity index is 241. The van der Waals surface area contributed by atoms with Crippen LogP contribution in [0.1, 0.15) is 0 Å². The van der Waals surface area contributed by atoms with E-state index in [1.54, 1.807) is 12.1 Å². The minimum absolute atomic E-state index is 0.339. The Labute approximate surface area is 68.1 Å². The summed E-state index contributed by atoms with van der Waals surface area (Å²) in [4.78, 5) is 5.84. The molecule has 1 rings (SSSR count). The Morgan fingerprint density at radius 1 is 1.50 bits per heavy atom. The highest BCUT2D eigenvalue weighted by Gasteiger charge is 2.10. The van der Waals surface area contributed by atoms with Crippen LogP contribution >= 0.6 is 23.2 Å². The maximum Gasteiger partial charge on any atom is 0.357 e. The van der Waals surface area contributed by atoms with Gasteiger partial charge >= 0.3 is 5.15 Å². The lowest BCUT2D eigenvalue weighted by Gasteiger charge is -1.88. The Balaban J connectivity index is 3.09. The fourth-order valence-electron chi connectivity index (χ4n) is 0.497. The summed E-state index contributed by atoms with van der Waals surface area (Å²) >= 11 is 11.1. The maximum absolute atomic E-state index is 5.61. The maximum atomic E-state index is 5.61. The third kappa shape index (κ3) is 1.49. The molecule has 3 nitrogen and oxygen atoms in total. The van der Waals surface area contributed by atoms with E-state index in [2.05, 4.69) is 5.10 Å². The second-order valence-corrected chi connectivity index (χ2v) is 2.31. The van der Waals surface area contributed by atoms with Crippen LogP contribution in [0.15, 0.2) is 12.1 Å². The van der Waals surface area contributed by atoms with E-state index >= 15 is 0 Å². The van der Waals surface area contributed by atoms with Gasteiger partial charge in [0.2, 0.25) is 5.15 Å². The summed E-state index contributed by atoms with van der Waals surface area (Å²) in [7, 11) is 1.45. The van der Waals surface area contributed by atoms with Gasteiger partial charge < -0.3 is 0 Å². The third-order valence-electron chi connectivity index (χ3n) is 0.900. The summed E-state index contributed by atoms with van der Waals surface area (Å²) in [6, 6.07) is 3.18. The molecule has 1 aromatic rings. The average Bonchev–Trinajstić information content (AvgIpc) is 1.94. The molecule has 0 bridgehead atoms. The average molecular weight is 180 g/mol. The summed E-state index contributed by atoms with van der Waals surface area (Å²) < 4.78 is 0. The number of nitrogens with zero attached hydrogens (tertiary/aromatic N) is 2. The Hall–Kier alpha value is -0.540. The van der Waals surface area contributed by atoms with Gasteiger partial charge in [-0.05, 0) is 17.7 Å². The molecule has 54 valence electrons. The van der Waals surface area contributed by atoms with Crippen molar-refractivity contribution in [2.45, 2.75) is 0 Å². The smallest absolute Gasteiger partial charge is 0.248 e. The SMILES string of the molecule is CO[n+]1nc(Cl)ccc1Cl. The van der Waals surface area contributed by atoms with Gasteiger partial charge in [-0.15, -0.1) is 0 Å². The van der Waals surface area contributed by atoms with E-state index < -0.39 is 0 Å². The van der Waals surface area contributed by atoms with Crippen LogP contribution in [0.2, 0.25) is 10.3 Å². The number of hydrogen-bond donors (Lipinski definition) is 0. The zero-order chi connectivity index (χ0) is 7.56. The van der Waals surface area contributed by atoms with Gasteiger partial charge in [0, 0.05) is 6.07 Å². The van der Waals surface area contributed by atoms with Gasteiger partial charge in [0.05, 0.1) is 5.10 Å². The molecule has 0 aliphatic rings. The first-order valence-electron chi connectivity index (χ1n) is 2.53. The quantitative estimate of drug-likeness (QED) is 0.595. The molecular weight excluding hydrogens is 175 g/mol. The van der Waals surface area contributed by atoms with Crippen molar-refractivity contribution in [1.29, 1.82) is 0 Å². The van der Waals surface area contributed by atoms with Crippen molar-refractivity contribution in [3.8, 4) is 0 Å². The first kappa shape index (κ1) is 7.57. The van der Waals surface area contributed by atoms with E-state index in [1.807, 2.05) is 0 Å². The van der Waals surface area contributed by atoms with E-state index in [4.69, 9.17) is 28.0 Å². The summed E-state index contributed by atoms with van der Waals surface area (Å²) in [5.74, 6) is 0. The molecule has 0 saturated heterocycles. The van der Waals surface area contributed by atoms with Crippen molar-refractivity contribution in [2.24, 2.45) is 0 Å². The van der Waals surface area contributed by atoms with E-state index in [1.165, 1.54) is 7.11 Å². The second-order valence-electron chi connectivity index (χ2n) is 1.53. The van der Waals surface area contributed by atoms with Crippen molar-refractivity contribution in [1.82, 2.24) is 5.10 Å². The number of aromatic nitrogens is 2. The van der Waals surface area contributed by atoms with Gasteiger partial charge in [-0.2, -0.15) is 0 Å². The molecular formula is C5H5Cl2N2O+. The minimum atomic E-state index is 0.339. The molecule has 0 fully saturated rings. The molecule has 0 unspecified atom stereocenters. The number of halogens is 2. The molecule has 0 saturated carbocycles. The molecule has 0 radical (unpaired) electrons. The molecule has 0 atom stereocenters. The van der Waals surface area contributed by atoms with E-state index in [9.17, 15) is 0 Å². The molecule has 0 aliphatic carbocycles. The Morgan fingerprint density at radius 2 is 2.20 bits per heavy atom. The predicted octanol–water partition coefficient (Wildman–Crippen LogP) is 0.734. The molecule has 1 heterocycles. The fourth-order valence-corrected chi connectivity index (χ4v) is 0.799. The molecule has 0 N–H and O–H groups in total. The zero-order valence-corrected chi connectivity index (χ0v) is 6.73. The normalized spacial score (nSPS) is 9.50. The van der Waals surface area contributed by atoms with Crippen molar-refractivity contribution < 1.29 is 9.68 Å². The van der Waals surface area contributed by atoms with Crippen molar-refractivity contribution in [2.75, 3.05) is 7.11 Å². The molecule has 0 amide bonds. The molecule has 5 heteroatoms. The second kappa shape index (κ2) is 3.03. The number of hydrogen-bond acceptors (Lipinski definition) is 2. The standard InChI is InChI=1S/C5H5Cl2N2O/c1-10-9-5(7)3-2-4(6)8-9/h2-3H,1H3/q+1. The van der Waals surface area contributed by atoms with Gasteiger partial charge in [-0.1, -0.05) is 11.6 Å². The molecule has 0 spiro atoms. The third-order valence-corrected chi connectivity index (χ3v) is 1.37. The van der Waals surface area contributed by atoms with E-state index in [-0.39, 0.29) is 0 Å². The van der Waals surface area contributed by atoms with Crippen molar-refractivity contribution >= 4 is 23.2 Å².